The molecule has 2 atom stereocenters. The molecule has 0 aromatic heterocycles. The summed E-state index contributed by atoms with van der Waals surface area (Å²) in [4.78, 5) is 0. The summed E-state index contributed by atoms with van der Waals surface area (Å²) in [6.45, 7) is 4.94. The van der Waals surface area contributed by atoms with E-state index in [0.717, 1.165) is 42.1 Å². The smallest absolute Gasteiger partial charge is 0.0548 e. The normalized spacial score (nSPS) is 21.2. The third-order valence-corrected chi connectivity index (χ3v) is 4.57. The van der Waals surface area contributed by atoms with Gasteiger partial charge in [0, 0.05) is 23.0 Å². The van der Waals surface area contributed by atoms with Gasteiger partial charge in [-0.2, -0.15) is 0 Å². The average molecular weight is 333 g/mol. The fourth-order valence-electron chi connectivity index (χ4n) is 2.38. The minimum atomic E-state index is 0.362. The summed E-state index contributed by atoms with van der Waals surface area (Å²) in [5.74, 6) is 0.560. The maximum absolute atomic E-state index is 6.06. The summed E-state index contributed by atoms with van der Waals surface area (Å²) in [7, 11) is 0. The van der Waals surface area contributed by atoms with Crippen molar-refractivity contribution in [1.82, 2.24) is 5.32 Å². The Bertz CT molecular complexity index is 393. The van der Waals surface area contributed by atoms with Gasteiger partial charge in [0.25, 0.3) is 0 Å². The monoisotopic (exact) mass is 331 g/mol. The number of hydrogen-bond donors (Lipinski definition) is 1. The topological polar surface area (TPSA) is 21.3 Å². The number of nitrogens with one attached hydrogen (secondary N) is 1. The minimum Gasteiger partial charge on any atom is -0.381 e. The largest absolute Gasteiger partial charge is 0.381 e. The molecule has 0 bridgehead atoms. The summed E-state index contributed by atoms with van der Waals surface area (Å²) in [6.07, 6.45) is 2.26. The van der Waals surface area contributed by atoms with Crippen LogP contribution < -0.4 is 5.32 Å². The van der Waals surface area contributed by atoms with Gasteiger partial charge in [-0.3, -0.25) is 0 Å². The molecular weight excluding hydrogens is 314 g/mol. The van der Waals surface area contributed by atoms with Crippen LogP contribution in [0.25, 0.3) is 0 Å². The molecule has 1 saturated heterocycles. The Morgan fingerprint density at radius 1 is 1.56 bits per heavy atom. The van der Waals surface area contributed by atoms with E-state index in [1.165, 1.54) is 5.56 Å². The number of ether oxygens (including phenoxy) is 1. The van der Waals surface area contributed by atoms with Gasteiger partial charge < -0.3 is 10.1 Å². The van der Waals surface area contributed by atoms with E-state index < -0.39 is 0 Å². The van der Waals surface area contributed by atoms with E-state index in [0.29, 0.717) is 12.0 Å². The summed E-state index contributed by atoms with van der Waals surface area (Å²) in [5, 5.41) is 4.39. The lowest BCUT2D eigenvalue weighted by Gasteiger charge is -2.24. The second kappa shape index (κ2) is 6.90. The molecule has 1 heterocycles. The van der Waals surface area contributed by atoms with Gasteiger partial charge in [0.05, 0.1) is 11.6 Å². The summed E-state index contributed by atoms with van der Waals surface area (Å²) in [6, 6.07) is 6.55. The van der Waals surface area contributed by atoms with Gasteiger partial charge >= 0.3 is 0 Å². The number of halogens is 2. The lowest BCUT2D eigenvalue weighted by Crippen LogP contribution is -2.29. The molecule has 0 aliphatic carbocycles. The van der Waals surface area contributed by atoms with Crippen molar-refractivity contribution in [3.63, 3.8) is 0 Å². The standard InChI is InChI=1S/C14H19BrClNO/c1-2-6-17-14(11-5-7-18-9-11)10-3-4-13(16)12(15)8-10/h3-4,8,11,14,17H,2,5-7,9H2,1H3. The molecule has 1 aliphatic rings. The Morgan fingerprint density at radius 3 is 3.00 bits per heavy atom. The first kappa shape index (κ1) is 14.3. The van der Waals surface area contributed by atoms with Crippen LogP contribution in [0.4, 0.5) is 0 Å². The summed E-state index contributed by atoms with van der Waals surface area (Å²) < 4.78 is 6.48. The molecule has 1 aromatic rings. The van der Waals surface area contributed by atoms with Crippen LogP contribution in [0.15, 0.2) is 22.7 Å². The van der Waals surface area contributed by atoms with Crippen molar-refractivity contribution in [3.8, 4) is 0 Å². The maximum atomic E-state index is 6.06. The van der Waals surface area contributed by atoms with E-state index in [2.05, 4.69) is 40.3 Å². The Balaban J connectivity index is 2.17. The molecular formula is C14H19BrClNO. The van der Waals surface area contributed by atoms with Gasteiger partial charge in [-0.15, -0.1) is 0 Å². The Hall–Kier alpha value is -0.0900. The summed E-state index contributed by atoms with van der Waals surface area (Å²) >= 11 is 9.56. The lowest BCUT2D eigenvalue weighted by molar-refractivity contribution is 0.176. The van der Waals surface area contributed by atoms with Crippen LogP contribution in [0, 0.1) is 5.92 Å². The number of rotatable bonds is 5. The number of benzene rings is 1. The van der Waals surface area contributed by atoms with E-state index in [1.807, 2.05) is 6.07 Å². The molecule has 1 N–H and O–H groups in total. The number of hydrogen-bond acceptors (Lipinski definition) is 2. The molecule has 2 unspecified atom stereocenters. The van der Waals surface area contributed by atoms with E-state index in [4.69, 9.17) is 16.3 Å². The third-order valence-electron chi connectivity index (χ3n) is 3.35. The highest BCUT2D eigenvalue weighted by molar-refractivity contribution is 9.10. The van der Waals surface area contributed by atoms with Crippen molar-refractivity contribution in [2.45, 2.75) is 25.8 Å². The Morgan fingerprint density at radius 2 is 2.39 bits per heavy atom. The molecule has 1 aliphatic heterocycles. The molecule has 2 nitrogen and oxygen atoms in total. The van der Waals surface area contributed by atoms with Crippen molar-refractivity contribution < 1.29 is 4.74 Å². The van der Waals surface area contributed by atoms with Gasteiger partial charge in [-0.1, -0.05) is 24.6 Å². The van der Waals surface area contributed by atoms with E-state index in [9.17, 15) is 0 Å². The quantitative estimate of drug-likeness (QED) is 0.873. The molecule has 4 heteroatoms. The molecule has 0 radical (unpaired) electrons. The molecule has 0 saturated carbocycles. The predicted octanol–water partition coefficient (Wildman–Crippen LogP) is 4.18. The highest BCUT2D eigenvalue weighted by Gasteiger charge is 2.26. The first-order chi connectivity index (χ1) is 8.72. The zero-order chi connectivity index (χ0) is 13.0. The lowest BCUT2D eigenvalue weighted by atomic mass is 9.92. The van der Waals surface area contributed by atoms with Crippen molar-refractivity contribution >= 4 is 27.5 Å². The molecule has 1 fully saturated rings. The zero-order valence-electron chi connectivity index (χ0n) is 10.6. The van der Waals surface area contributed by atoms with Crippen molar-refractivity contribution in [3.05, 3.63) is 33.3 Å². The fourth-order valence-corrected chi connectivity index (χ4v) is 2.89. The van der Waals surface area contributed by atoms with Gasteiger partial charge in [-0.25, -0.2) is 0 Å². The average Bonchev–Trinajstić information content (AvgIpc) is 2.88. The van der Waals surface area contributed by atoms with Gasteiger partial charge in [0.1, 0.15) is 0 Å². The van der Waals surface area contributed by atoms with Crippen LogP contribution in [0.1, 0.15) is 31.4 Å². The Kier molecular flexibility index (Phi) is 5.49. The Labute approximate surface area is 122 Å². The molecule has 100 valence electrons. The van der Waals surface area contributed by atoms with Crippen molar-refractivity contribution in [2.24, 2.45) is 5.92 Å². The second-order valence-electron chi connectivity index (χ2n) is 4.73. The van der Waals surface area contributed by atoms with Crippen LogP contribution in [0.3, 0.4) is 0 Å². The van der Waals surface area contributed by atoms with Gasteiger partial charge in [0.15, 0.2) is 0 Å². The maximum Gasteiger partial charge on any atom is 0.0548 e. The SMILES string of the molecule is CCCNC(c1ccc(Cl)c(Br)c1)C1CCOC1. The first-order valence-electron chi connectivity index (χ1n) is 6.48. The molecule has 18 heavy (non-hydrogen) atoms. The second-order valence-corrected chi connectivity index (χ2v) is 5.99. The van der Waals surface area contributed by atoms with Crippen LogP contribution in [0.5, 0.6) is 0 Å². The molecule has 0 amide bonds. The van der Waals surface area contributed by atoms with Gasteiger partial charge in [0.2, 0.25) is 0 Å². The fraction of sp³-hybridized carbons (Fsp3) is 0.571. The zero-order valence-corrected chi connectivity index (χ0v) is 12.9. The van der Waals surface area contributed by atoms with Crippen LogP contribution in [0.2, 0.25) is 5.02 Å². The van der Waals surface area contributed by atoms with Crippen LogP contribution in [-0.4, -0.2) is 19.8 Å². The van der Waals surface area contributed by atoms with Crippen LogP contribution in [-0.2, 0) is 4.74 Å². The van der Waals surface area contributed by atoms with Crippen molar-refractivity contribution in [2.75, 3.05) is 19.8 Å². The minimum absolute atomic E-state index is 0.362. The van der Waals surface area contributed by atoms with Crippen molar-refractivity contribution in [1.29, 1.82) is 0 Å². The molecule has 2 rings (SSSR count). The predicted molar refractivity (Wildman–Crippen MR) is 79.1 cm³/mol. The highest BCUT2D eigenvalue weighted by Crippen LogP contribution is 2.32. The summed E-state index contributed by atoms with van der Waals surface area (Å²) in [5.41, 5.74) is 1.29. The highest BCUT2D eigenvalue weighted by atomic mass is 79.9. The van der Waals surface area contributed by atoms with E-state index in [-0.39, 0.29) is 0 Å². The van der Waals surface area contributed by atoms with Gasteiger partial charge in [-0.05, 0) is 53.0 Å². The van der Waals surface area contributed by atoms with E-state index in [1.54, 1.807) is 0 Å². The molecule has 1 aromatic carbocycles. The molecule has 0 spiro atoms. The third kappa shape index (κ3) is 3.47. The van der Waals surface area contributed by atoms with E-state index >= 15 is 0 Å². The van der Waals surface area contributed by atoms with Crippen LogP contribution >= 0.6 is 27.5 Å². The first-order valence-corrected chi connectivity index (χ1v) is 7.65.